The summed E-state index contributed by atoms with van der Waals surface area (Å²) in [7, 11) is 0. The van der Waals surface area contributed by atoms with E-state index in [4.69, 9.17) is 0 Å². The van der Waals surface area contributed by atoms with E-state index < -0.39 is 0 Å². The minimum Gasteiger partial charge on any atom is -0.348 e. The first-order chi connectivity index (χ1) is 11.1. The van der Waals surface area contributed by atoms with Crippen molar-refractivity contribution in [1.82, 2.24) is 5.32 Å². The molecule has 4 nitrogen and oxygen atoms in total. The highest BCUT2D eigenvalue weighted by molar-refractivity contribution is 9.10. The number of anilines is 1. The molecule has 0 atom stereocenters. The number of amides is 2. The van der Waals surface area contributed by atoms with E-state index in [1.807, 2.05) is 24.3 Å². The van der Waals surface area contributed by atoms with Crippen LogP contribution in [0.5, 0.6) is 0 Å². The van der Waals surface area contributed by atoms with Gasteiger partial charge in [-0.3, -0.25) is 9.59 Å². The Bertz CT molecular complexity index is 724. The van der Waals surface area contributed by atoms with Crippen molar-refractivity contribution in [3.63, 3.8) is 0 Å². The first-order valence-corrected chi connectivity index (χ1v) is 8.35. The Balaban J connectivity index is 1.55. The lowest BCUT2D eigenvalue weighted by molar-refractivity contribution is -0.117. The van der Waals surface area contributed by atoms with E-state index in [-0.39, 0.29) is 17.7 Å². The van der Waals surface area contributed by atoms with Crippen LogP contribution < -0.4 is 10.6 Å². The number of benzene rings is 2. The molecule has 2 N–H and O–H groups in total. The van der Waals surface area contributed by atoms with Crippen LogP contribution in [0.25, 0.3) is 0 Å². The summed E-state index contributed by atoms with van der Waals surface area (Å²) in [6, 6.07) is 14.8. The highest BCUT2D eigenvalue weighted by Gasteiger charge is 2.29. The summed E-state index contributed by atoms with van der Waals surface area (Å²) in [5.74, 6) is 0.102. The van der Waals surface area contributed by atoms with E-state index in [0.29, 0.717) is 12.1 Å². The monoisotopic (exact) mass is 372 g/mol. The summed E-state index contributed by atoms with van der Waals surface area (Å²) in [5, 5.41) is 5.74. The van der Waals surface area contributed by atoms with Gasteiger partial charge in [0.15, 0.2) is 0 Å². The van der Waals surface area contributed by atoms with E-state index in [0.717, 1.165) is 28.6 Å². The predicted molar refractivity (Wildman–Crippen MR) is 93.1 cm³/mol. The number of nitrogens with one attached hydrogen (secondary N) is 2. The number of rotatable bonds is 5. The molecular formula is C18H17BrN2O2. The Labute approximate surface area is 143 Å². The summed E-state index contributed by atoms with van der Waals surface area (Å²) < 4.78 is 0.986. The Kier molecular flexibility index (Phi) is 4.76. The molecule has 0 aromatic heterocycles. The lowest BCUT2D eigenvalue weighted by Crippen LogP contribution is -2.22. The van der Waals surface area contributed by atoms with Crippen LogP contribution in [0.3, 0.4) is 0 Å². The average molecular weight is 373 g/mol. The van der Waals surface area contributed by atoms with E-state index >= 15 is 0 Å². The summed E-state index contributed by atoms with van der Waals surface area (Å²) in [4.78, 5) is 23.8. The van der Waals surface area contributed by atoms with Gasteiger partial charge in [0.2, 0.25) is 5.91 Å². The zero-order valence-electron chi connectivity index (χ0n) is 12.5. The van der Waals surface area contributed by atoms with Crippen molar-refractivity contribution in [1.29, 1.82) is 0 Å². The highest BCUT2D eigenvalue weighted by atomic mass is 79.9. The first kappa shape index (κ1) is 15.7. The Morgan fingerprint density at radius 3 is 2.48 bits per heavy atom. The van der Waals surface area contributed by atoms with Gasteiger partial charge in [0.05, 0.1) is 0 Å². The van der Waals surface area contributed by atoms with Gasteiger partial charge in [-0.1, -0.05) is 28.1 Å². The quantitative estimate of drug-likeness (QED) is 0.839. The van der Waals surface area contributed by atoms with Gasteiger partial charge in [-0.2, -0.15) is 0 Å². The molecule has 2 aromatic carbocycles. The second-order valence-corrected chi connectivity index (χ2v) is 6.57. The molecule has 0 radical (unpaired) electrons. The standard InChI is InChI=1S/C18H17BrN2O2/c19-15-3-1-2-12(10-15)11-20-17(22)13-6-8-16(9-7-13)21-18(23)14-4-5-14/h1-3,6-10,14H,4-5,11H2,(H,20,22)(H,21,23). The molecule has 1 saturated carbocycles. The van der Waals surface area contributed by atoms with E-state index in [1.54, 1.807) is 24.3 Å². The fourth-order valence-electron chi connectivity index (χ4n) is 2.23. The molecule has 3 rings (SSSR count). The fourth-order valence-corrected chi connectivity index (χ4v) is 2.67. The van der Waals surface area contributed by atoms with Gasteiger partial charge in [-0.25, -0.2) is 0 Å². The summed E-state index contributed by atoms with van der Waals surface area (Å²) >= 11 is 3.41. The number of hydrogen-bond donors (Lipinski definition) is 2. The summed E-state index contributed by atoms with van der Waals surface area (Å²) in [6.07, 6.45) is 1.95. The molecule has 1 aliphatic carbocycles. The van der Waals surface area contributed by atoms with Crippen molar-refractivity contribution in [2.75, 3.05) is 5.32 Å². The molecule has 0 spiro atoms. The number of hydrogen-bond acceptors (Lipinski definition) is 2. The minimum absolute atomic E-state index is 0.0665. The van der Waals surface area contributed by atoms with Crippen LogP contribution in [-0.4, -0.2) is 11.8 Å². The smallest absolute Gasteiger partial charge is 0.251 e. The Morgan fingerprint density at radius 2 is 1.83 bits per heavy atom. The third-order valence-electron chi connectivity index (χ3n) is 3.70. The fraction of sp³-hybridized carbons (Fsp3) is 0.222. The molecule has 2 aromatic rings. The number of halogens is 1. The van der Waals surface area contributed by atoms with E-state index in [9.17, 15) is 9.59 Å². The number of carbonyl (C=O) groups is 2. The predicted octanol–water partition coefficient (Wildman–Crippen LogP) is 3.73. The SMILES string of the molecule is O=C(NCc1cccc(Br)c1)c1ccc(NC(=O)C2CC2)cc1. The molecule has 2 amide bonds. The molecule has 118 valence electrons. The Hall–Kier alpha value is -2.14. The average Bonchev–Trinajstić information content (AvgIpc) is 3.38. The van der Waals surface area contributed by atoms with Crippen molar-refractivity contribution in [2.45, 2.75) is 19.4 Å². The molecule has 0 bridgehead atoms. The third kappa shape index (κ3) is 4.42. The molecule has 0 aliphatic heterocycles. The molecule has 0 unspecified atom stereocenters. The Morgan fingerprint density at radius 1 is 1.09 bits per heavy atom. The van der Waals surface area contributed by atoms with Gasteiger partial charge in [0.1, 0.15) is 0 Å². The molecule has 23 heavy (non-hydrogen) atoms. The van der Waals surface area contributed by atoms with Gasteiger partial charge in [0.25, 0.3) is 5.91 Å². The van der Waals surface area contributed by atoms with Gasteiger partial charge < -0.3 is 10.6 Å². The highest BCUT2D eigenvalue weighted by Crippen LogP contribution is 2.30. The van der Waals surface area contributed by atoms with Crippen molar-refractivity contribution in [3.8, 4) is 0 Å². The normalized spacial score (nSPS) is 13.4. The zero-order valence-corrected chi connectivity index (χ0v) is 14.1. The van der Waals surface area contributed by atoms with Crippen LogP contribution >= 0.6 is 15.9 Å². The van der Waals surface area contributed by atoms with E-state index in [1.165, 1.54) is 0 Å². The van der Waals surface area contributed by atoms with Crippen LogP contribution in [0.15, 0.2) is 53.0 Å². The molecular weight excluding hydrogens is 356 g/mol. The van der Waals surface area contributed by atoms with Gasteiger partial charge >= 0.3 is 0 Å². The lowest BCUT2D eigenvalue weighted by Gasteiger charge is -2.08. The molecule has 1 fully saturated rings. The van der Waals surface area contributed by atoms with Crippen molar-refractivity contribution < 1.29 is 9.59 Å². The maximum absolute atomic E-state index is 12.1. The molecule has 5 heteroatoms. The second-order valence-electron chi connectivity index (χ2n) is 5.65. The van der Waals surface area contributed by atoms with Crippen molar-refractivity contribution in [2.24, 2.45) is 5.92 Å². The zero-order chi connectivity index (χ0) is 16.2. The first-order valence-electron chi connectivity index (χ1n) is 7.55. The molecule has 0 heterocycles. The van der Waals surface area contributed by atoms with Crippen LogP contribution in [0, 0.1) is 5.92 Å². The number of carbonyl (C=O) groups excluding carboxylic acids is 2. The summed E-state index contributed by atoms with van der Waals surface area (Å²) in [5.41, 5.74) is 2.33. The van der Waals surface area contributed by atoms with Gasteiger partial charge in [-0.05, 0) is 54.8 Å². The molecule has 0 saturated heterocycles. The maximum atomic E-state index is 12.1. The molecule has 1 aliphatic rings. The lowest BCUT2D eigenvalue weighted by atomic mass is 10.1. The summed E-state index contributed by atoms with van der Waals surface area (Å²) in [6.45, 7) is 0.471. The van der Waals surface area contributed by atoms with Crippen LogP contribution in [0.2, 0.25) is 0 Å². The van der Waals surface area contributed by atoms with Crippen molar-refractivity contribution in [3.05, 3.63) is 64.1 Å². The van der Waals surface area contributed by atoms with Gasteiger partial charge in [-0.15, -0.1) is 0 Å². The van der Waals surface area contributed by atoms with E-state index in [2.05, 4.69) is 26.6 Å². The maximum Gasteiger partial charge on any atom is 0.251 e. The largest absolute Gasteiger partial charge is 0.348 e. The third-order valence-corrected chi connectivity index (χ3v) is 4.20. The minimum atomic E-state index is -0.134. The van der Waals surface area contributed by atoms with Crippen molar-refractivity contribution >= 4 is 33.4 Å². The van der Waals surface area contributed by atoms with Crippen LogP contribution in [0.4, 0.5) is 5.69 Å². The topological polar surface area (TPSA) is 58.2 Å². The van der Waals surface area contributed by atoms with Crippen LogP contribution in [0.1, 0.15) is 28.8 Å². The van der Waals surface area contributed by atoms with Gasteiger partial charge in [0, 0.05) is 28.2 Å². The van der Waals surface area contributed by atoms with Crippen LogP contribution in [-0.2, 0) is 11.3 Å². The second kappa shape index (κ2) is 6.96.